The van der Waals surface area contributed by atoms with Crippen LogP contribution in [0.25, 0.3) is 0 Å². The Balaban J connectivity index is 1.97. The molecule has 0 saturated carbocycles. The molecular weight excluding hydrogens is 214 g/mol. The fraction of sp³-hybridized carbons (Fsp3) is 0. The molecule has 0 bridgehead atoms. The molecule has 1 aromatic heterocycles. The summed E-state index contributed by atoms with van der Waals surface area (Å²) >= 11 is 5.74. The van der Waals surface area contributed by atoms with Gasteiger partial charge in [0, 0.05) is 5.02 Å². The van der Waals surface area contributed by atoms with Crippen molar-refractivity contribution in [1.82, 2.24) is 15.2 Å². The van der Waals surface area contributed by atoms with Gasteiger partial charge in [-0.25, -0.2) is 10.5 Å². The second kappa shape index (κ2) is 4.56. The van der Waals surface area contributed by atoms with E-state index in [0.29, 0.717) is 11.0 Å². The quantitative estimate of drug-likeness (QED) is 0.615. The molecule has 0 unspecified atom stereocenters. The van der Waals surface area contributed by atoms with E-state index < -0.39 is 0 Å². The van der Waals surface area contributed by atoms with Crippen LogP contribution in [0, 0.1) is 0 Å². The smallest absolute Gasteiger partial charge is 0.239 e. The highest BCUT2D eigenvalue weighted by atomic mass is 35.5. The minimum atomic E-state index is 0.500. The number of aromatic nitrogens is 3. The van der Waals surface area contributed by atoms with Crippen molar-refractivity contribution >= 4 is 23.8 Å². The van der Waals surface area contributed by atoms with E-state index in [-0.39, 0.29) is 0 Å². The molecule has 2 N–H and O–H groups in total. The van der Waals surface area contributed by atoms with Gasteiger partial charge in [-0.3, -0.25) is 0 Å². The van der Waals surface area contributed by atoms with Crippen LogP contribution in [0.1, 0.15) is 5.56 Å². The van der Waals surface area contributed by atoms with Crippen molar-refractivity contribution in [2.75, 3.05) is 5.43 Å². The molecule has 0 aliphatic rings. The van der Waals surface area contributed by atoms with Crippen LogP contribution in [0.3, 0.4) is 0 Å². The monoisotopic (exact) mass is 221 g/mol. The molecule has 15 heavy (non-hydrogen) atoms. The number of nitrogens with one attached hydrogen (secondary N) is 2. The Morgan fingerprint density at radius 3 is 2.80 bits per heavy atom. The van der Waals surface area contributed by atoms with Gasteiger partial charge in [-0.2, -0.15) is 15.2 Å². The SMILES string of the molecule is Clc1ccc(C=NNc2ncn[nH]2)cc1. The van der Waals surface area contributed by atoms with Gasteiger partial charge in [0.05, 0.1) is 6.21 Å². The largest absolute Gasteiger partial charge is 0.246 e. The predicted molar refractivity (Wildman–Crippen MR) is 59.1 cm³/mol. The van der Waals surface area contributed by atoms with Gasteiger partial charge >= 0.3 is 0 Å². The second-order valence-electron chi connectivity index (χ2n) is 2.76. The molecule has 0 aliphatic heterocycles. The maximum absolute atomic E-state index is 5.74. The molecule has 1 aromatic carbocycles. The Bertz CT molecular complexity index is 434. The maximum atomic E-state index is 5.74. The number of benzene rings is 1. The van der Waals surface area contributed by atoms with Crippen LogP contribution < -0.4 is 5.43 Å². The Morgan fingerprint density at radius 1 is 1.33 bits per heavy atom. The molecule has 1 heterocycles. The van der Waals surface area contributed by atoms with Crippen LogP contribution >= 0.6 is 11.6 Å². The summed E-state index contributed by atoms with van der Waals surface area (Å²) < 4.78 is 0. The number of H-pyrrole nitrogens is 1. The van der Waals surface area contributed by atoms with Crippen LogP contribution in [0.2, 0.25) is 5.02 Å². The summed E-state index contributed by atoms with van der Waals surface area (Å²) in [5.74, 6) is 0.500. The van der Waals surface area contributed by atoms with Gasteiger partial charge in [0.15, 0.2) is 0 Å². The molecule has 0 spiro atoms. The average molecular weight is 222 g/mol. The second-order valence-corrected chi connectivity index (χ2v) is 3.19. The first-order valence-corrected chi connectivity index (χ1v) is 4.62. The number of hydrogen-bond donors (Lipinski definition) is 2. The zero-order valence-electron chi connectivity index (χ0n) is 7.68. The average Bonchev–Trinajstić information content (AvgIpc) is 2.74. The standard InChI is InChI=1S/C9H8ClN5/c10-8-3-1-7(2-4-8)5-12-14-9-11-6-13-15-9/h1-6H,(H2,11,13,14,15). The molecule has 0 fully saturated rings. The third-order valence-electron chi connectivity index (χ3n) is 1.67. The molecular formula is C9H8ClN5. The Hall–Kier alpha value is -1.88. The number of aromatic amines is 1. The molecule has 0 amide bonds. The van der Waals surface area contributed by atoms with Gasteiger partial charge in [0.25, 0.3) is 0 Å². The lowest BCUT2D eigenvalue weighted by molar-refractivity contribution is 1.08. The van der Waals surface area contributed by atoms with Crippen molar-refractivity contribution in [2.45, 2.75) is 0 Å². The number of hydrazone groups is 1. The summed E-state index contributed by atoms with van der Waals surface area (Å²) in [6, 6.07) is 7.34. The minimum Gasteiger partial charge on any atom is -0.246 e. The predicted octanol–water partition coefficient (Wildman–Crippen LogP) is 1.90. The first kappa shape index (κ1) is 9.67. The molecule has 2 aromatic rings. The molecule has 0 radical (unpaired) electrons. The van der Waals surface area contributed by atoms with Crippen molar-refractivity contribution in [3.05, 3.63) is 41.2 Å². The van der Waals surface area contributed by atoms with Crippen molar-refractivity contribution in [2.24, 2.45) is 5.10 Å². The highest BCUT2D eigenvalue weighted by Crippen LogP contribution is 2.07. The molecule has 0 atom stereocenters. The van der Waals surface area contributed by atoms with Crippen LogP contribution in [0.4, 0.5) is 5.95 Å². The molecule has 5 nitrogen and oxygen atoms in total. The Morgan fingerprint density at radius 2 is 2.13 bits per heavy atom. The fourth-order valence-electron chi connectivity index (χ4n) is 0.976. The summed E-state index contributed by atoms with van der Waals surface area (Å²) in [4.78, 5) is 3.85. The lowest BCUT2D eigenvalue weighted by atomic mass is 10.2. The molecule has 76 valence electrons. The Kier molecular flexibility index (Phi) is 2.94. The zero-order chi connectivity index (χ0) is 10.5. The lowest BCUT2D eigenvalue weighted by Crippen LogP contribution is -1.92. The van der Waals surface area contributed by atoms with E-state index in [2.05, 4.69) is 25.7 Å². The number of halogens is 1. The van der Waals surface area contributed by atoms with Gasteiger partial charge in [0.1, 0.15) is 6.33 Å². The summed E-state index contributed by atoms with van der Waals surface area (Å²) in [5.41, 5.74) is 3.65. The van der Waals surface area contributed by atoms with E-state index in [1.807, 2.05) is 12.1 Å². The zero-order valence-corrected chi connectivity index (χ0v) is 8.44. The number of hydrogen-bond acceptors (Lipinski definition) is 4. The third-order valence-corrected chi connectivity index (χ3v) is 1.92. The first-order valence-electron chi connectivity index (χ1n) is 4.24. The van der Waals surface area contributed by atoms with E-state index in [1.54, 1.807) is 18.3 Å². The van der Waals surface area contributed by atoms with Crippen LogP contribution in [-0.4, -0.2) is 21.4 Å². The van der Waals surface area contributed by atoms with Crippen molar-refractivity contribution in [3.8, 4) is 0 Å². The topological polar surface area (TPSA) is 66.0 Å². The van der Waals surface area contributed by atoms with Gasteiger partial charge in [-0.05, 0) is 17.7 Å². The summed E-state index contributed by atoms with van der Waals surface area (Å²) in [5, 5.41) is 11.0. The van der Waals surface area contributed by atoms with E-state index in [9.17, 15) is 0 Å². The highest BCUT2D eigenvalue weighted by molar-refractivity contribution is 6.30. The van der Waals surface area contributed by atoms with Crippen molar-refractivity contribution in [1.29, 1.82) is 0 Å². The van der Waals surface area contributed by atoms with Gasteiger partial charge in [0.2, 0.25) is 5.95 Å². The molecule has 6 heteroatoms. The number of nitrogens with zero attached hydrogens (tertiary/aromatic N) is 3. The van der Waals surface area contributed by atoms with Gasteiger partial charge < -0.3 is 0 Å². The summed E-state index contributed by atoms with van der Waals surface area (Å²) in [6.45, 7) is 0. The normalized spacial score (nSPS) is 10.7. The fourth-order valence-corrected chi connectivity index (χ4v) is 1.10. The van der Waals surface area contributed by atoms with Crippen LogP contribution in [0.5, 0.6) is 0 Å². The molecule has 2 rings (SSSR count). The van der Waals surface area contributed by atoms with Crippen molar-refractivity contribution in [3.63, 3.8) is 0 Å². The van der Waals surface area contributed by atoms with E-state index in [4.69, 9.17) is 11.6 Å². The molecule has 0 aliphatic carbocycles. The van der Waals surface area contributed by atoms with Crippen molar-refractivity contribution < 1.29 is 0 Å². The van der Waals surface area contributed by atoms with E-state index in [1.165, 1.54) is 6.33 Å². The third kappa shape index (κ3) is 2.78. The first-order chi connectivity index (χ1) is 7.34. The minimum absolute atomic E-state index is 0.500. The summed E-state index contributed by atoms with van der Waals surface area (Å²) in [6.07, 6.45) is 3.07. The van der Waals surface area contributed by atoms with E-state index >= 15 is 0 Å². The van der Waals surface area contributed by atoms with Gasteiger partial charge in [-0.15, -0.1) is 0 Å². The maximum Gasteiger partial charge on any atom is 0.239 e. The lowest BCUT2D eigenvalue weighted by Gasteiger charge is -1.94. The highest BCUT2D eigenvalue weighted by Gasteiger charge is 1.90. The van der Waals surface area contributed by atoms with E-state index in [0.717, 1.165) is 5.56 Å². The number of rotatable bonds is 3. The summed E-state index contributed by atoms with van der Waals surface area (Å²) in [7, 11) is 0. The van der Waals surface area contributed by atoms with Gasteiger partial charge in [-0.1, -0.05) is 23.7 Å². The van der Waals surface area contributed by atoms with Crippen LogP contribution in [-0.2, 0) is 0 Å². The number of anilines is 1. The van der Waals surface area contributed by atoms with Crippen LogP contribution in [0.15, 0.2) is 35.7 Å². The Labute approximate surface area is 91.2 Å². The molecule has 0 saturated heterocycles.